The predicted octanol–water partition coefficient (Wildman–Crippen LogP) is -1.01. The average molecular weight is 128 g/mol. The Hall–Kier alpha value is -1.16. The minimum atomic E-state index is -0.350. The summed E-state index contributed by atoms with van der Waals surface area (Å²) < 4.78 is 0. The van der Waals surface area contributed by atoms with Crippen molar-refractivity contribution in [1.82, 2.24) is 10.9 Å². The van der Waals surface area contributed by atoms with Gasteiger partial charge in [0.05, 0.1) is 6.54 Å². The fourth-order valence-electron chi connectivity index (χ4n) is 0.231. The summed E-state index contributed by atoms with van der Waals surface area (Å²) >= 11 is 0. The topological polar surface area (TPSA) is 58.2 Å². The maximum atomic E-state index is 10.3. The molecule has 0 heterocycles. The number of hydrogen-bond donors (Lipinski definition) is 2. The van der Waals surface area contributed by atoms with Gasteiger partial charge >= 0.3 is 0 Å². The predicted molar refractivity (Wildman–Crippen MR) is 32.4 cm³/mol. The summed E-state index contributed by atoms with van der Waals surface area (Å²) in [5.41, 5.74) is 4.54. The molecule has 0 aliphatic rings. The van der Waals surface area contributed by atoms with Crippen molar-refractivity contribution in [3.63, 3.8) is 0 Å². The van der Waals surface area contributed by atoms with Crippen molar-refractivity contribution in [2.24, 2.45) is 0 Å². The van der Waals surface area contributed by atoms with Crippen molar-refractivity contribution in [2.75, 3.05) is 6.54 Å². The lowest BCUT2D eigenvalue weighted by Gasteiger charge is -1.97. The van der Waals surface area contributed by atoms with Crippen LogP contribution in [0.4, 0.5) is 0 Å². The van der Waals surface area contributed by atoms with Crippen LogP contribution in [-0.4, -0.2) is 18.7 Å². The summed E-state index contributed by atoms with van der Waals surface area (Å²) in [7, 11) is 0. The molecule has 0 bridgehead atoms. The van der Waals surface area contributed by atoms with E-state index < -0.39 is 0 Å². The summed E-state index contributed by atoms with van der Waals surface area (Å²) in [5, 5.41) is 0. The van der Waals surface area contributed by atoms with Crippen molar-refractivity contribution in [3.8, 4) is 0 Å². The number of hydrogen-bond acceptors (Lipinski definition) is 3. The standard InChI is InChI=1S/C5H8N2O2/c1-2-5(9)7-6-3-4-8/h2,4,6H,1,3H2,(H,7,9). The maximum absolute atomic E-state index is 10.3. The lowest BCUT2D eigenvalue weighted by Crippen LogP contribution is -2.37. The SMILES string of the molecule is C=CC(=O)NNCC=O. The lowest BCUT2D eigenvalue weighted by atomic mass is 10.6. The minimum Gasteiger partial charge on any atom is -0.302 e. The van der Waals surface area contributed by atoms with Gasteiger partial charge in [0.2, 0.25) is 0 Å². The highest BCUT2D eigenvalue weighted by molar-refractivity contribution is 5.86. The zero-order valence-electron chi connectivity index (χ0n) is 4.89. The molecular weight excluding hydrogens is 120 g/mol. The molecule has 0 unspecified atom stereocenters. The molecular formula is C5H8N2O2. The second kappa shape index (κ2) is 4.99. The first-order valence-corrected chi connectivity index (χ1v) is 2.40. The molecule has 0 atom stereocenters. The van der Waals surface area contributed by atoms with Crippen LogP contribution < -0.4 is 10.9 Å². The quantitative estimate of drug-likeness (QED) is 0.221. The van der Waals surface area contributed by atoms with Gasteiger partial charge in [-0.25, -0.2) is 5.43 Å². The van der Waals surface area contributed by atoms with Crippen molar-refractivity contribution in [2.45, 2.75) is 0 Å². The molecule has 50 valence electrons. The van der Waals surface area contributed by atoms with Crippen LogP contribution in [0.5, 0.6) is 0 Å². The Labute approximate surface area is 52.9 Å². The van der Waals surface area contributed by atoms with Gasteiger partial charge in [0.1, 0.15) is 6.29 Å². The molecule has 0 aliphatic carbocycles. The van der Waals surface area contributed by atoms with Crippen LogP contribution in [-0.2, 0) is 9.59 Å². The summed E-state index contributed by atoms with van der Waals surface area (Å²) in [6.45, 7) is 3.31. The normalized spacial score (nSPS) is 8.00. The third-order valence-corrected chi connectivity index (χ3v) is 0.582. The van der Waals surface area contributed by atoms with Gasteiger partial charge in [-0.05, 0) is 6.08 Å². The number of nitrogens with one attached hydrogen (secondary N) is 2. The molecule has 2 N–H and O–H groups in total. The van der Waals surface area contributed by atoms with E-state index in [0.717, 1.165) is 6.08 Å². The fourth-order valence-corrected chi connectivity index (χ4v) is 0.231. The van der Waals surface area contributed by atoms with Crippen LogP contribution in [0.25, 0.3) is 0 Å². The van der Waals surface area contributed by atoms with Crippen LogP contribution in [0.2, 0.25) is 0 Å². The number of carbonyl (C=O) groups is 2. The zero-order valence-corrected chi connectivity index (χ0v) is 4.89. The molecule has 0 saturated carbocycles. The molecule has 0 spiro atoms. The van der Waals surface area contributed by atoms with E-state index in [-0.39, 0.29) is 12.5 Å². The smallest absolute Gasteiger partial charge is 0.257 e. The van der Waals surface area contributed by atoms with Gasteiger partial charge in [0.25, 0.3) is 5.91 Å². The van der Waals surface area contributed by atoms with Gasteiger partial charge < -0.3 is 4.79 Å². The Morgan fingerprint density at radius 2 is 2.33 bits per heavy atom. The van der Waals surface area contributed by atoms with E-state index in [2.05, 4.69) is 17.4 Å². The molecule has 1 amide bonds. The third kappa shape index (κ3) is 4.70. The Morgan fingerprint density at radius 1 is 1.67 bits per heavy atom. The molecule has 0 aromatic heterocycles. The highest BCUT2D eigenvalue weighted by atomic mass is 16.2. The van der Waals surface area contributed by atoms with E-state index in [4.69, 9.17) is 0 Å². The molecule has 4 heteroatoms. The Kier molecular flexibility index (Phi) is 4.34. The largest absolute Gasteiger partial charge is 0.302 e. The Balaban J connectivity index is 3.16. The van der Waals surface area contributed by atoms with Crippen LogP contribution >= 0.6 is 0 Å². The van der Waals surface area contributed by atoms with E-state index in [9.17, 15) is 9.59 Å². The zero-order chi connectivity index (χ0) is 7.11. The van der Waals surface area contributed by atoms with Crippen molar-refractivity contribution in [1.29, 1.82) is 0 Å². The van der Waals surface area contributed by atoms with Gasteiger partial charge in [0.15, 0.2) is 0 Å². The monoisotopic (exact) mass is 128 g/mol. The van der Waals surface area contributed by atoms with Gasteiger partial charge in [-0.3, -0.25) is 10.2 Å². The second-order valence-corrected chi connectivity index (χ2v) is 1.24. The molecule has 0 radical (unpaired) electrons. The average Bonchev–Trinajstić information content (AvgIpc) is 1.89. The summed E-state index contributed by atoms with van der Waals surface area (Å²) in [5.74, 6) is -0.350. The van der Waals surface area contributed by atoms with Crippen molar-refractivity contribution >= 4 is 12.2 Å². The summed E-state index contributed by atoms with van der Waals surface area (Å²) in [4.78, 5) is 19.9. The fraction of sp³-hybridized carbons (Fsp3) is 0.200. The molecule has 0 aromatic carbocycles. The van der Waals surface area contributed by atoms with Crippen LogP contribution in [0, 0.1) is 0 Å². The highest BCUT2D eigenvalue weighted by Crippen LogP contribution is 1.58. The van der Waals surface area contributed by atoms with Crippen LogP contribution in [0.3, 0.4) is 0 Å². The molecule has 0 aliphatic heterocycles. The molecule has 0 aromatic rings. The number of amides is 1. The van der Waals surface area contributed by atoms with E-state index in [0.29, 0.717) is 6.29 Å². The van der Waals surface area contributed by atoms with E-state index in [1.807, 2.05) is 0 Å². The van der Waals surface area contributed by atoms with Gasteiger partial charge in [-0.1, -0.05) is 6.58 Å². The van der Waals surface area contributed by atoms with Crippen molar-refractivity contribution in [3.05, 3.63) is 12.7 Å². The summed E-state index contributed by atoms with van der Waals surface area (Å²) in [6.07, 6.45) is 1.75. The molecule has 0 rings (SSSR count). The first kappa shape index (κ1) is 7.84. The minimum absolute atomic E-state index is 0.111. The number of carbonyl (C=O) groups excluding carboxylic acids is 2. The Bertz CT molecular complexity index is 122. The molecule has 0 fully saturated rings. The van der Waals surface area contributed by atoms with Crippen molar-refractivity contribution < 1.29 is 9.59 Å². The molecule has 0 saturated heterocycles. The third-order valence-electron chi connectivity index (χ3n) is 0.582. The molecule has 9 heavy (non-hydrogen) atoms. The number of hydrazine groups is 1. The summed E-state index contributed by atoms with van der Waals surface area (Å²) in [6, 6.07) is 0. The van der Waals surface area contributed by atoms with Crippen LogP contribution in [0.15, 0.2) is 12.7 Å². The first-order chi connectivity index (χ1) is 4.31. The number of aldehydes is 1. The lowest BCUT2D eigenvalue weighted by molar-refractivity contribution is -0.117. The second-order valence-electron chi connectivity index (χ2n) is 1.24. The first-order valence-electron chi connectivity index (χ1n) is 2.40. The maximum Gasteiger partial charge on any atom is 0.257 e. The van der Waals surface area contributed by atoms with E-state index in [1.54, 1.807) is 0 Å². The van der Waals surface area contributed by atoms with Gasteiger partial charge in [0, 0.05) is 0 Å². The van der Waals surface area contributed by atoms with Crippen LogP contribution in [0.1, 0.15) is 0 Å². The van der Waals surface area contributed by atoms with Gasteiger partial charge in [-0.2, -0.15) is 0 Å². The molecule has 4 nitrogen and oxygen atoms in total. The highest BCUT2D eigenvalue weighted by Gasteiger charge is 1.87. The van der Waals surface area contributed by atoms with E-state index >= 15 is 0 Å². The Morgan fingerprint density at radius 3 is 2.78 bits per heavy atom. The van der Waals surface area contributed by atoms with E-state index in [1.165, 1.54) is 0 Å². The van der Waals surface area contributed by atoms with Gasteiger partial charge in [-0.15, -0.1) is 0 Å². The number of rotatable bonds is 4.